The Hall–Kier alpha value is -3.57. The summed E-state index contributed by atoms with van der Waals surface area (Å²) in [6.07, 6.45) is -4.80. The monoisotopic (exact) mass is 609 g/mol. The minimum Gasteiger partial charge on any atom is -0.352 e. The van der Waals surface area contributed by atoms with Crippen LogP contribution in [0.25, 0.3) is 0 Å². The van der Waals surface area contributed by atoms with Crippen LogP contribution in [0.4, 0.5) is 18.9 Å². The Balaban J connectivity index is 2.12. The van der Waals surface area contributed by atoms with E-state index >= 15 is 0 Å². The van der Waals surface area contributed by atoms with E-state index in [1.165, 1.54) is 36.1 Å². The third-order valence-corrected chi connectivity index (χ3v) is 8.32. The highest BCUT2D eigenvalue weighted by atomic mass is 35.5. The van der Waals surface area contributed by atoms with Crippen LogP contribution in [0, 0.1) is 6.92 Å². The molecule has 0 saturated carbocycles. The molecule has 0 aliphatic heterocycles. The summed E-state index contributed by atoms with van der Waals surface area (Å²) in [5, 5.41) is 2.43. The Labute approximate surface area is 243 Å². The van der Waals surface area contributed by atoms with Gasteiger partial charge in [0.15, 0.2) is 0 Å². The van der Waals surface area contributed by atoms with Crippen LogP contribution < -0.4 is 9.62 Å². The Morgan fingerprint density at radius 2 is 1.56 bits per heavy atom. The van der Waals surface area contributed by atoms with Gasteiger partial charge in [-0.05, 0) is 63.6 Å². The zero-order chi connectivity index (χ0) is 30.5. The van der Waals surface area contributed by atoms with E-state index in [0.29, 0.717) is 15.9 Å². The molecule has 1 atom stereocenters. The fourth-order valence-corrected chi connectivity index (χ4v) is 5.71. The molecule has 41 heavy (non-hydrogen) atoms. The quantitative estimate of drug-likeness (QED) is 0.315. The number of nitrogens with zero attached hydrogens (tertiary/aromatic N) is 2. The summed E-state index contributed by atoms with van der Waals surface area (Å²) >= 11 is 6.25. The highest BCUT2D eigenvalue weighted by Crippen LogP contribution is 2.37. The molecule has 0 unspecified atom stereocenters. The first-order valence-electron chi connectivity index (χ1n) is 12.7. The molecule has 2 amide bonds. The molecule has 0 spiro atoms. The maximum Gasteiger partial charge on any atom is 0.416 e. The van der Waals surface area contributed by atoms with Crippen LogP contribution in [0.2, 0.25) is 5.02 Å². The van der Waals surface area contributed by atoms with Crippen molar-refractivity contribution in [1.82, 2.24) is 10.2 Å². The lowest BCUT2D eigenvalue weighted by atomic mass is 10.1. The first-order chi connectivity index (χ1) is 19.1. The molecule has 1 N–H and O–H groups in total. The molecule has 220 valence electrons. The number of nitrogens with one attached hydrogen (secondary N) is 1. The molecule has 3 aromatic carbocycles. The Bertz CT molecular complexity index is 1480. The molecule has 0 aliphatic rings. The van der Waals surface area contributed by atoms with Gasteiger partial charge in [-0.3, -0.25) is 13.9 Å². The third-order valence-electron chi connectivity index (χ3n) is 6.22. The molecular formula is C29H31ClF3N3O4S. The largest absolute Gasteiger partial charge is 0.416 e. The summed E-state index contributed by atoms with van der Waals surface area (Å²) in [6, 6.07) is 15.2. The number of alkyl halides is 3. The number of halogens is 4. The number of rotatable bonds is 10. The van der Waals surface area contributed by atoms with Crippen molar-refractivity contribution in [2.45, 2.75) is 57.4 Å². The van der Waals surface area contributed by atoms with E-state index in [2.05, 4.69) is 5.32 Å². The topological polar surface area (TPSA) is 86.8 Å². The van der Waals surface area contributed by atoms with E-state index < -0.39 is 51.9 Å². The van der Waals surface area contributed by atoms with E-state index in [1.54, 1.807) is 32.0 Å². The van der Waals surface area contributed by atoms with Gasteiger partial charge in [0.2, 0.25) is 11.8 Å². The SMILES string of the molecule is Cc1ccc(CN(C(=O)CN(c2cc(C(F)(F)F)ccc2Cl)S(=O)(=O)c2ccccc2)[C@H](C)C(=O)NC(C)C)cc1. The average molecular weight is 610 g/mol. The second-order valence-electron chi connectivity index (χ2n) is 9.84. The van der Waals surface area contributed by atoms with E-state index in [0.717, 1.165) is 17.7 Å². The summed E-state index contributed by atoms with van der Waals surface area (Å²) in [4.78, 5) is 27.8. The van der Waals surface area contributed by atoms with Crippen LogP contribution in [0.1, 0.15) is 37.5 Å². The Morgan fingerprint density at radius 1 is 0.951 bits per heavy atom. The number of anilines is 1. The normalized spacial score (nSPS) is 12.6. The van der Waals surface area contributed by atoms with Gasteiger partial charge in [0.25, 0.3) is 10.0 Å². The second-order valence-corrected chi connectivity index (χ2v) is 12.1. The molecule has 0 aliphatic carbocycles. The van der Waals surface area contributed by atoms with Gasteiger partial charge in [0, 0.05) is 12.6 Å². The minimum atomic E-state index is -4.80. The lowest BCUT2D eigenvalue weighted by molar-refractivity contribution is -0.139. The van der Waals surface area contributed by atoms with Crippen molar-refractivity contribution in [2.75, 3.05) is 10.8 Å². The van der Waals surface area contributed by atoms with Crippen molar-refractivity contribution in [3.63, 3.8) is 0 Å². The van der Waals surface area contributed by atoms with Crippen LogP contribution in [-0.4, -0.2) is 43.8 Å². The molecule has 0 aromatic heterocycles. The van der Waals surface area contributed by atoms with E-state index in [4.69, 9.17) is 11.6 Å². The Morgan fingerprint density at radius 3 is 2.12 bits per heavy atom. The number of hydrogen-bond acceptors (Lipinski definition) is 4. The van der Waals surface area contributed by atoms with Gasteiger partial charge in [-0.15, -0.1) is 0 Å². The molecule has 12 heteroatoms. The van der Waals surface area contributed by atoms with Crippen molar-refractivity contribution in [2.24, 2.45) is 0 Å². The molecular weight excluding hydrogens is 579 g/mol. The number of aryl methyl sites for hydroxylation is 1. The van der Waals surface area contributed by atoms with Gasteiger partial charge >= 0.3 is 6.18 Å². The predicted molar refractivity (Wildman–Crippen MR) is 152 cm³/mol. The van der Waals surface area contributed by atoms with Gasteiger partial charge in [0.1, 0.15) is 12.6 Å². The zero-order valence-electron chi connectivity index (χ0n) is 22.9. The number of hydrogen-bond donors (Lipinski definition) is 1. The van der Waals surface area contributed by atoms with Crippen LogP contribution in [0.15, 0.2) is 77.7 Å². The van der Waals surface area contributed by atoms with Crippen LogP contribution in [0.5, 0.6) is 0 Å². The van der Waals surface area contributed by atoms with Gasteiger partial charge in [-0.2, -0.15) is 13.2 Å². The van der Waals surface area contributed by atoms with Crippen molar-refractivity contribution < 1.29 is 31.2 Å². The van der Waals surface area contributed by atoms with Gasteiger partial charge in [-0.1, -0.05) is 59.6 Å². The number of sulfonamides is 1. The summed E-state index contributed by atoms with van der Waals surface area (Å²) in [7, 11) is -4.58. The van der Waals surface area contributed by atoms with E-state index in [-0.39, 0.29) is 22.5 Å². The molecule has 0 fully saturated rings. The summed E-state index contributed by atoms with van der Waals surface area (Å²) < 4.78 is 69.0. The van der Waals surface area contributed by atoms with E-state index in [1.807, 2.05) is 19.1 Å². The second kappa shape index (κ2) is 12.9. The maximum atomic E-state index is 13.9. The van der Waals surface area contributed by atoms with E-state index in [9.17, 15) is 31.2 Å². The third kappa shape index (κ3) is 8.01. The smallest absolute Gasteiger partial charge is 0.352 e. The van der Waals surface area contributed by atoms with Crippen molar-refractivity contribution in [3.8, 4) is 0 Å². The fourth-order valence-electron chi connectivity index (χ4n) is 3.99. The summed E-state index contributed by atoms with van der Waals surface area (Å²) in [5.41, 5.74) is -0.0219. The van der Waals surface area contributed by atoms with Gasteiger partial charge < -0.3 is 10.2 Å². The maximum absolute atomic E-state index is 13.9. The number of benzene rings is 3. The predicted octanol–water partition coefficient (Wildman–Crippen LogP) is 5.80. The molecule has 0 heterocycles. The van der Waals surface area contributed by atoms with Crippen LogP contribution in [0.3, 0.4) is 0 Å². The number of carbonyl (C=O) groups is 2. The van der Waals surface area contributed by atoms with Crippen LogP contribution in [-0.2, 0) is 32.3 Å². The lowest BCUT2D eigenvalue weighted by Crippen LogP contribution is -2.52. The van der Waals surface area contributed by atoms with Gasteiger partial charge in [0.05, 0.1) is 21.2 Å². The highest BCUT2D eigenvalue weighted by molar-refractivity contribution is 7.92. The number of amides is 2. The summed E-state index contributed by atoms with van der Waals surface area (Å²) in [6.45, 7) is 5.92. The van der Waals surface area contributed by atoms with Crippen LogP contribution >= 0.6 is 11.6 Å². The standard InChI is InChI=1S/C29H31ClF3N3O4S/c1-19(2)34-28(38)21(4)35(17-22-12-10-20(3)11-13-22)27(37)18-36(41(39,40)24-8-6-5-7-9-24)26-16-23(29(31,32)33)14-15-25(26)30/h5-16,19,21H,17-18H2,1-4H3,(H,34,38)/t21-/m1/s1. The van der Waals surface area contributed by atoms with Crippen molar-refractivity contribution in [1.29, 1.82) is 0 Å². The first kappa shape index (κ1) is 32.0. The molecule has 3 rings (SSSR count). The highest BCUT2D eigenvalue weighted by Gasteiger charge is 2.36. The molecule has 3 aromatic rings. The zero-order valence-corrected chi connectivity index (χ0v) is 24.5. The molecule has 0 bridgehead atoms. The van der Waals surface area contributed by atoms with Crippen molar-refractivity contribution >= 4 is 39.1 Å². The first-order valence-corrected chi connectivity index (χ1v) is 14.5. The minimum absolute atomic E-state index is 0.0542. The average Bonchev–Trinajstić information content (AvgIpc) is 2.90. The lowest BCUT2D eigenvalue weighted by Gasteiger charge is -2.32. The van der Waals surface area contributed by atoms with Gasteiger partial charge in [-0.25, -0.2) is 8.42 Å². The fraction of sp³-hybridized carbons (Fsp3) is 0.310. The number of carbonyl (C=O) groups excluding carboxylic acids is 2. The molecule has 0 radical (unpaired) electrons. The summed E-state index contributed by atoms with van der Waals surface area (Å²) in [5.74, 6) is -1.29. The van der Waals surface area contributed by atoms with Crippen molar-refractivity contribution in [3.05, 3.63) is 94.5 Å². The molecule has 0 saturated heterocycles. The molecule has 7 nitrogen and oxygen atoms in total. The Kier molecular flexibility index (Phi) is 10.1.